The Bertz CT molecular complexity index is 972. The minimum absolute atomic E-state index is 0.0989. The first-order valence-electron chi connectivity index (χ1n) is 8.61. The number of rotatable bonds is 6. The molecule has 1 aromatic carbocycles. The Balaban J connectivity index is 1.73. The summed E-state index contributed by atoms with van der Waals surface area (Å²) in [6, 6.07) is 14.5. The number of nitrogens with zero attached hydrogens (tertiary/aromatic N) is 4. The van der Waals surface area contributed by atoms with Crippen molar-refractivity contribution in [2.45, 2.75) is 6.92 Å². The van der Waals surface area contributed by atoms with Gasteiger partial charge in [-0.1, -0.05) is 12.1 Å². The van der Waals surface area contributed by atoms with Gasteiger partial charge in [0.15, 0.2) is 5.84 Å². The molecule has 3 aromatic rings. The topological polar surface area (TPSA) is 88.8 Å². The van der Waals surface area contributed by atoms with Crippen molar-refractivity contribution < 1.29 is 9.53 Å². The van der Waals surface area contributed by atoms with Crippen molar-refractivity contribution >= 4 is 18.0 Å². The normalized spacial score (nSPS) is 11.4. The van der Waals surface area contributed by atoms with E-state index in [1.54, 1.807) is 43.1 Å². The number of amides is 1. The lowest BCUT2D eigenvalue weighted by Crippen LogP contribution is -2.21. The summed E-state index contributed by atoms with van der Waals surface area (Å²) in [5.41, 5.74) is 4.90. The van der Waals surface area contributed by atoms with Crippen LogP contribution >= 0.6 is 0 Å². The predicted octanol–water partition coefficient (Wildman–Crippen LogP) is 3.03. The number of hydrazone groups is 1. The van der Waals surface area contributed by atoms with Gasteiger partial charge in [0, 0.05) is 36.6 Å². The number of aliphatic imine (C=N–C) groups is 1. The molecule has 28 heavy (non-hydrogen) atoms. The summed E-state index contributed by atoms with van der Waals surface area (Å²) in [6.07, 6.45) is 8.07. The Labute approximate surface area is 162 Å². The molecule has 140 valence electrons. The monoisotopic (exact) mass is 373 g/mol. The lowest BCUT2D eigenvalue weighted by atomic mass is 10.2. The van der Waals surface area contributed by atoms with Crippen LogP contribution in [0.5, 0.6) is 5.75 Å². The van der Waals surface area contributed by atoms with Gasteiger partial charge in [0.2, 0.25) is 0 Å². The van der Waals surface area contributed by atoms with Crippen molar-refractivity contribution in [2.24, 2.45) is 10.1 Å². The van der Waals surface area contributed by atoms with Crippen LogP contribution in [0.25, 0.3) is 0 Å². The van der Waals surface area contributed by atoms with Gasteiger partial charge in [-0.25, -0.2) is 10.4 Å². The lowest BCUT2D eigenvalue weighted by molar-refractivity contribution is 0.0954. The quantitative estimate of drug-likeness (QED) is 0.409. The van der Waals surface area contributed by atoms with Gasteiger partial charge in [0.05, 0.1) is 0 Å². The van der Waals surface area contributed by atoms with Gasteiger partial charge >= 0.3 is 0 Å². The molecule has 0 unspecified atom stereocenters. The van der Waals surface area contributed by atoms with Crippen LogP contribution in [0.1, 0.15) is 21.5 Å². The summed E-state index contributed by atoms with van der Waals surface area (Å²) < 4.78 is 5.76. The summed E-state index contributed by atoms with van der Waals surface area (Å²) >= 11 is 0. The van der Waals surface area contributed by atoms with Gasteiger partial charge < -0.3 is 4.74 Å². The summed E-state index contributed by atoms with van der Waals surface area (Å²) in [5.74, 6) is 0.669. The van der Waals surface area contributed by atoms with Crippen molar-refractivity contribution in [1.29, 1.82) is 0 Å². The third kappa shape index (κ3) is 5.84. The van der Waals surface area contributed by atoms with E-state index in [0.29, 0.717) is 17.1 Å². The van der Waals surface area contributed by atoms with Gasteiger partial charge in [0.1, 0.15) is 12.4 Å². The first kappa shape index (κ1) is 18.9. The molecular weight excluding hydrogens is 354 g/mol. The molecule has 0 aliphatic heterocycles. The molecule has 3 rings (SSSR count). The van der Waals surface area contributed by atoms with E-state index in [1.165, 1.54) is 0 Å². The molecule has 2 heterocycles. The molecule has 0 saturated carbocycles. The van der Waals surface area contributed by atoms with Crippen LogP contribution in [0.3, 0.4) is 0 Å². The lowest BCUT2D eigenvalue weighted by Gasteiger charge is -2.07. The number of hydrogen-bond acceptors (Lipinski definition) is 5. The second kappa shape index (κ2) is 9.72. The van der Waals surface area contributed by atoms with Gasteiger partial charge in [-0.2, -0.15) is 5.10 Å². The number of nitrogens with one attached hydrogen (secondary N) is 1. The number of carbonyl (C=O) groups is 1. The first-order chi connectivity index (χ1) is 13.7. The van der Waals surface area contributed by atoms with E-state index in [4.69, 9.17) is 4.74 Å². The molecule has 1 amide bonds. The summed E-state index contributed by atoms with van der Waals surface area (Å²) in [6.45, 7) is 2.08. The molecule has 1 N–H and O–H groups in total. The Kier molecular flexibility index (Phi) is 6.57. The summed E-state index contributed by atoms with van der Waals surface area (Å²) in [7, 11) is 0. The highest BCUT2D eigenvalue weighted by Gasteiger charge is 2.05. The average molecular weight is 373 g/mol. The molecular formula is C21H19N5O2. The van der Waals surface area contributed by atoms with Crippen molar-refractivity contribution in [3.63, 3.8) is 0 Å². The average Bonchev–Trinajstić information content (AvgIpc) is 2.74. The fourth-order valence-electron chi connectivity index (χ4n) is 2.23. The zero-order valence-electron chi connectivity index (χ0n) is 15.3. The molecule has 0 atom stereocenters. The van der Waals surface area contributed by atoms with Crippen LogP contribution in [0.15, 0.2) is 83.4 Å². The van der Waals surface area contributed by atoms with E-state index in [2.05, 4.69) is 25.5 Å². The van der Waals surface area contributed by atoms with Gasteiger partial charge in [-0.05, 0) is 54.4 Å². The van der Waals surface area contributed by atoms with Crippen LogP contribution in [0.2, 0.25) is 0 Å². The fourth-order valence-corrected chi connectivity index (χ4v) is 2.23. The Morgan fingerprint density at radius 3 is 2.50 bits per heavy atom. The van der Waals surface area contributed by atoms with Crippen molar-refractivity contribution in [3.8, 4) is 5.75 Å². The SMILES string of the molecule is Cc1cccc(OC/C(N=Cc2ccncc2)=N\NC(=O)c2ccncc2)c1. The third-order valence-electron chi connectivity index (χ3n) is 3.66. The van der Waals surface area contributed by atoms with Crippen molar-refractivity contribution in [3.05, 3.63) is 90.0 Å². The Morgan fingerprint density at radius 1 is 1.07 bits per heavy atom. The van der Waals surface area contributed by atoms with E-state index in [9.17, 15) is 4.79 Å². The van der Waals surface area contributed by atoms with Crippen molar-refractivity contribution in [2.75, 3.05) is 6.61 Å². The van der Waals surface area contributed by atoms with Crippen LogP contribution in [0.4, 0.5) is 0 Å². The zero-order chi connectivity index (χ0) is 19.6. The third-order valence-corrected chi connectivity index (χ3v) is 3.66. The summed E-state index contributed by atoms with van der Waals surface area (Å²) in [4.78, 5) is 24.4. The van der Waals surface area contributed by atoms with Gasteiger partial charge in [0.25, 0.3) is 5.91 Å². The number of aryl methyl sites for hydroxylation is 1. The van der Waals surface area contributed by atoms with E-state index in [-0.39, 0.29) is 12.5 Å². The number of ether oxygens (including phenoxy) is 1. The first-order valence-corrected chi connectivity index (χ1v) is 8.61. The number of amidine groups is 1. The maximum Gasteiger partial charge on any atom is 0.271 e. The number of benzene rings is 1. The second-order valence-corrected chi connectivity index (χ2v) is 5.85. The largest absolute Gasteiger partial charge is 0.486 e. The smallest absolute Gasteiger partial charge is 0.271 e. The fraction of sp³-hybridized carbons (Fsp3) is 0.0952. The van der Waals surface area contributed by atoms with E-state index in [1.807, 2.05) is 43.3 Å². The van der Waals surface area contributed by atoms with Crippen LogP contribution < -0.4 is 10.2 Å². The zero-order valence-corrected chi connectivity index (χ0v) is 15.3. The van der Waals surface area contributed by atoms with Crippen LogP contribution in [0, 0.1) is 6.92 Å². The standard InChI is InChI=1S/C21H19N5O2/c1-16-3-2-4-19(13-16)28-15-20(24-14-17-5-9-22-10-6-17)25-26-21(27)18-7-11-23-12-8-18/h2-14H,15H2,1H3,(H,26,27)/b24-14?,25-20+. The number of carbonyl (C=O) groups excluding carboxylic acids is 1. The highest BCUT2D eigenvalue weighted by molar-refractivity contribution is 5.98. The highest BCUT2D eigenvalue weighted by atomic mass is 16.5. The van der Waals surface area contributed by atoms with E-state index < -0.39 is 0 Å². The molecule has 0 saturated heterocycles. The minimum atomic E-state index is -0.352. The highest BCUT2D eigenvalue weighted by Crippen LogP contribution is 2.12. The minimum Gasteiger partial charge on any atom is -0.486 e. The van der Waals surface area contributed by atoms with E-state index >= 15 is 0 Å². The molecule has 7 heteroatoms. The maximum absolute atomic E-state index is 12.2. The maximum atomic E-state index is 12.2. The molecule has 0 fully saturated rings. The predicted molar refractivity (Wildman–Crippen MR) is 108 cm³/mol. The molecule has 0 aliphatic carbocycles. The molecule has 0 radical (unpaired) electrons. The molecule has 0 bridgehead atoms. The van der Waals surface area contributed by atoms with Crippen molar-refractivity contribution in [1.82, 2.24) is 15.4 Å². The second-order valence-electron chi connectivity index (χ2n) is 5.85. The van der Waals surface area contributed by atoms with Crippen LogP contribution in [-0.2, 0) is 0 Å². The molecule has 0 spiro atoms. The number of hydrogen-bond donors (Lipinski definition) is 1. The Morgan fingerprint density at radius 2 is 1.79 bits per heavy atom. The van der Waals surface area contributed by atoms with Crippen LogP contribution in [-0.4, -0.2) is 34.5 Å². The molecule has 2 aromatic heterocycles. The summed E-state index contributed by atoms with van der Waals surface area (Å²) in [5, 5.41) is 4.11. The number of pyridine rings is 2. The number of aromatic nitrogens is 2. The van der Waals surface area contributed by atoms with Gasteiger partial charge in [-0.3, -0.25) is 14.8 Å². The molecule has 0 aliphatic rings. The molecule has 7 nitrogen and oxygen atoms in total. The van der Waals surface area contributed by atoms with E-state index in [0.717, 1.165) is 11.1 Å². The Hall–Kier alpha value is -3.87. The van der Waals surface area contributed by atoms with Gasteiger partial charge in [-0.15, -0.1) is 0 Å².